The van der Waals surface area contributed by atoms with Gasteiger partial charge in [-0.3, -0.25) is 0 Å². The summed E-state index contributed by atoms with van der Waals surface area (Å²) in [5.41, 5.74) is 1.50. The Kier molecular flexibility index (Phi) is 3.92. The Balaban J connectivity index is 1.96. The predicted octanol–water partition coefficient (Wildman–Crippen LogP) is 4.24. The first kappa shape index (κ1) is 16.3. The normalized spacial score (nSPS) is 15.8. The van der Waals surface area contributed by atoms with Gasteiger partial charge >= 0.3 is 5.63 Å². The molecule has 0 spiro atoms. The molecule has 1 aliphatic rings. The van der Waals surface area contributed by atoms with Crippen LogP contribution in [0.2, 0.25) is 0 Å². The summed E-state index contributed by atoms with van der Waals surface area (Å²) in [7, 11) is 3.18. The Hall–Kier alpha value is -3.21. The van der Waals surface area contributed by atoms with Crippen molar-refractivity contribution < 1.29 is 18.6 Å². The molecule has 0 aliphatic carbocycles. The Morgan fingerprint density at radius 2 is 1.77 bits per heavy atom. The van der Waals surface area contributed by atoms with Crippen LogP contribution in [0.1, 0.15) is 24.0 Å². The summed E-state index contributed by atoms with van der Waals surface area (Å²) in [4.78, 5) is 12.7. The van der Waals surface area contributed by atoms with E-state index in [1.54, 1.807) is 20.3 Å². The third-order valence-electron chi connectivity index (χ3n) is 4.54. The van der Waals surface area contributed by atoms with Crippen LogP contribution in [0.15, 0.2) is 63.5 Å². The van der Waals surface area contributed by atoms with Crippen molar-refractivity contribution in [1.82, 2.24) is 0 Å². The van der Waals surface area contributed by atoms with Gasteiger partial charge in [0.05, 0.1) is 30.9 Å². The van der Waals surface area contributed by atoms with Crippen molar-refractivity contribution >= 4 is 11.0 Å². The molecule has 3 aromatic rings. The van der Waals surface area contributed by atoms with Crippen molar-refractivity contribution in [2.45, 2.75) is 12.8 Å². The highest BCUT2D eigenvalue weighted by molar-refractivity contribution is 5.85. The van der Waals surface area contributed by atoms with E-state index in [1.807, 2.05) is 49.4 Å². The third kappa shape index (κ3) is 2.52. The number of ether oxygens (including phenoxy) is 3. The summed E-state index contributed by atoms with van der Waals surface area (Å²) in [6, 6.07) is 13.0. The first-order chi connectivity index (χ1) is 12.6. The van der Waals surface area contributed by atoms with Crippen molar-refractivity contribution in [2.24, 2.45) is 0 Å². The molecule has 1 aliphatic heterocycles. The van der Waals surface area contributed by atoms with Crippen molar-refractivity contribution in [1.29, 1.82) is 0 Å². The van der Waals surface area contributed by atoms with Crippen LogP contribution in [0.25, 0.3) is 11.0 Å². The molecule has 2 heterocycles. The van der Waals surface area contributed by atoms with Crippen LogP contribution >= 0.6 is 0 Å². The van der Waals surface area contributed by atoms with Crippen molar-refractivity contribution in [3.05, 3.63) is 75.8 Å². The van der Waals surface area contributed by atoms with E-state index in [2.05, 4.69) is 0 Å². The fraction of sp³-hybridized carbons (Fsp3) is 0.190. The zero-order chi connectivity index (χ0) is 18.3. The van der Waals surface area contributed by atoms with Crippen LogP contribution in [-0.2, 0) is 0 Å². The molecule has 0 amide bonds. The lowest BCUT2D eigenvalue weighted by Gasteiger charge is -2.24. The molecule has 0 fully saturated rings. The highest BCUT2D eigenvalue weighted by Gasteiger charge is 2.29. The van der Waals surface area contributed by atoms with E-state index in [9.17, 15) is 4.79 Å². The summed E-state index contributed by atoms with van der Waals surface area (Å²) < 4.78 is 22.2. The fourth-order valence-corrected chi connectivity index (χ4v) is 3.34. The van der Waals surface area contributed by atoms with Crippen LogP contribution in [0.3, 0.4) is 0 Å². The van der Waals surface area contributed by atoms with E-state index in [-0.39, 0.29) is 5.92 Å². The average molecular weight is 350 g/mol. The van der Waals surface area contributed by atoms with E-state index < -0.39 is 5.63 Å². The molecule has 26 heavy (non-hydrogen) atoms. The highest BCUT2D eigenvalue weighted by atomic mass is 16.5. The van der Waals surface area contributed by atoms with Crippen molar-refractivity contribution in [3.8, 4) is 17.2 Å². The minimum Gasteiger partial charge on any atom is -0.493 e. The maximum Gasteiger partial charge on any atom is 0.344 e. The number of para-hydroxylation sites is 1. The second-order valence-corrected chi connectivity index (χ2v) is 6.10. The van der Waals surface area contributed by atoms with E-state index in [0.717, 1.165) is 16.7 Å². The molecule has 0 N–H and O–H groups in total. The lowest BCUT2D eigenvalue weighted by molar-refractivity contribution is 0.354. The van der Waals surface area contributed by atoms with Crippen LogP contribution in [0.4, 0.5) is 0 Å². The molecule has 0 unspecified atom stereocenters. The maximum absolute atomic E-state index is 12.7. The topological polar surface area (TPSA) is 57.9 Å². The van der Waals surface area contributed by atoms with Gasteiger partial charge in [0.2, 0.25) is 0 Å². The monoisotopic (exact) mass is 350 g/mol. The molecule has 1 atom stereocenters. The number of hydrogen-bond donors (Lipinski definition) is 0. The molecule has 0 saturated carbocycles. The summed E-state index contributed by atoms with van der Waals surface area (Å²) in [6.07, 6.45) is 1.91. The Morgan fingerprint density at radius 3 is 2.54 bits per heavy atom. The SMILES string of the molecule is COc1ccc([C@@H]2C=C(C)Oc3c2c(=O)oc2ccccc32)cc1OC. The summed E-state index contributed by atoms with van der Waals surface area (Å²) in [6.45, 7) is 1.88. The van der Waals surface area contributed by atoms with E-state index >= 15 is 0 Å². The van der Waals surface area contributed by atoms with Gasteiger partial charge in [-0.1, -0.05) is 18.2 Å². The summed E-state index contributed by atoms with van der Waals surface area (Å²) in [5, 5.41) is 0.778. The first-order valence-corrected chi connectivity index (χ1v) is 8.26. The van der Waals surface area contributed by atoms with Crippen LogP contribution < -0.4 is 19.8 Å². The van der Waals surface area contributed by atoms with Gasteiger partial charge < -0.3 is 18.6 Å². The molecule has 0 radical (unpaired) electrons. The Labute approximate surface area is 150 Å². The zero-order valence-corrected chi connectivity index (χ0v) is 14.7. The van der Waals surface area contributed by atoms with Gasteiger partial charge in [-0.15, -0.1) is 0 Å². The molecule has 1 aromatic heterocycles. The minimum atomic E-state index is -0.401. The molecular weight excluding hydrogens is 332 g/mol. The maximum atomic E-state index is 12.7. The second kappa shape index (κ2) is 6.26. The van der Waals surface area contributed by atoms with Crippen molar-refractivity contribution in [2.75, 3.05) is 14.2 Å². The highest BCUT2D eigenvalue weighted by Crippen LogP contribution is 2.42. The Bertz CT molecular complexity index is 1080. The van der Waals surface area contributed by atoms with Crippen LogP contribution in [-0.4, -0.2) is 14.2 Å². The minimum absolute atomic E-state index is 0.292. The van der Waals surface area contributed by atoms with Crippen LogP contribution in [0, 0.1) is 0 Å². The van der Waals surface area contributed by atoms with Gasteiger partial charge in [0, 0.05) is 5.92 Å². The molecule has 0 bridgehead atoms. The second-order valence-electron chi connectivity index (χ2n) is 6.10. The summed E-state index contributed by atoms with van der Waals surface area (Å²) in [5.74, 6) is 2.23. The fourth-order valence-electron chi connectivity index (χ4n) is 3.34. The molecule has 4 rings (SSSR count). The Morgan fingerprint density at radius 1 is 1.00 bits per heavy atom. The largest absolute Gasteiger partial charge is 0.493 e. The first-order valence-electron chi connectivity index (χ1n) is 8.26. The van der Waals surface area contributed by atoms with E-state index in [4.69, 9.17) is 18.6 Å². The van der Waals surface area contributed by atoms with Gasteiger partial charge in [0.1, 0.15) is 11.3 Å². The number of hydrogen-bond acceptors (Lipinski definition) is 5. The molecular formula is C21H18O5. The van der Waals surface area contributed by atoms with Crippen molar-refractivity contribution in [3.63, 3.8) is 0 Å². The molecule has 2 aromatic carbocycles. The summed E-state index contributed by atoms with van der Waals surface area (Å²) >= 11 is 0. The molecule has 5 heteroatoms. The average Bonchev–Trinajstić information content (AvgIpc) is 2.66. The van der Waals surface area contributed by atoms with E-state index in [1.165, 1.54) is 0 Å². The molecule has 5 nitrogen and oxygen atoms in total. The lowest BCUT2D eigenvalue weighted by atomic mass is 9.88. The quantitative estimate of drug-likeness (QED) is 0.661. The molecule has 0 saturated heterocycles. The van der Waals surface area contributed by atoms with Gasteiger partial charge in [-0.2, -0.15) is 0 Å². The van der Waals surface area contributed by atoms with E-state index in [0.29, 0.717) is 28.4 Å². The standard InChI is InChI=1S/C21H18O5/c1-12-10-15(13-8-9-17(23-2)18(11-13)24-3)19-20(25-12)14-6-4-5-7-16(14)26-21(19)22/h4-11,15H,1-3H3/t15-/m0/s1. The lowest BCUT2D eigenvalue weighted by Crippen LogP contribution is -2.19. The number of fused-ring (bicyclic) bond motifs is 3. The predicted molar refractivity (Wildman–Crippen MR) is 98.3 cm³/mol. The zero-order valence-electron chi connectivity index (χ0n) is 14.7. The number of allylic oxidation sites excluding steroid dienone is 2. The van der Waals surface area contributed by atoms with Crippen LogP contribution in [0.5, 0.6) is 17.2 Å². The third-order valence-corrected chi connectivity index (χ3v) is 4.54. The molecule has 132 valence electrons. The van der Waals surface area contributed by atoms with Gasteiger partial charge in [0.15, 0.2) is 11.5 Å². The number of benzene rings is 2. The van der Waals surface area contributed by atoms with Gasteiger partial charge in [0.25, 0.3) is 0 Å². The smallest absolute Gasteiger partial charge is 0.344 e. The number of rotatable bonds is 3. The number of methoxy groups -OCH3 is 2. The van der Waals surface area contributed by atoms with Gasteiger partial charge in [-0.05, 0) is 42.8 Å². The van der Waals surface area contributed by atoms with Gasteiger partial charge in [-0.25, -0.2) is 4.79 Å².